The minimum absolute atomic E-state index is 0.269. The number of halogens is 1. The lowest BCUT2D eigenvalue weighted by atomic mass is 10.1. The number of anilines is 1. The van der Waals surface area contributed by atoms with Crippen molar-refractivity contribution in [3.8, 4) is 0 Å². The maximum absolute atomic E-state index is 13.6. The van der Waals surface area contributed by atoms with Crippen molar-refractivity contribution < 1.29 is 4.39 Å². The van der Waals surface area contributed by atoms with Crippen LogP contribution in [0.1, 0.15) is 17.1 Å². The van der Waals surface area contributed by atoms with Crippen molar-refractivity contribution in [3.05, 3.63) is 53.2 Å². The molecule has 0 saturated heterocycles. The van der Waals surface area contributed by atoms with Gasteiger partial charge < -0.3 is 5.32 Å². The van der Waals surface area contributed by atoms with E-state index in [1.165, 1.54) is 5.56 Å². The van der Waals surface area contributed by atoms with Gasteiger partial charge in [0.1, 0.15) is 5.82 Å². The first-order valence-corrected chi connectivity index (χ1v) is 5.95. The number of nitrogens with zero attached hydrogens (tertiary/aromatic N) is 2. The molecule has 0 bridgehead atoms. The number of hydrogen-bond acceptors (Lipinski definition) is 3. The lowest BCUT2D eigenvalue weighted by Crippen LogP contribution is -2.07. The summed E-state index contributed by atoms with van der Waals surface area (Å²) in [5.41, 5.74) is 1.62. The van der Waals surface area contributed by atoms with Crippen LogP contribution in [0.2, 0.25) is 0 Å². The SMILES string of the molecule is CNc1nc(CCc2ccccc2)nc(C)c1F. The third kappa shape index (κ3) is 2.83. The van der Waals surface area contributed by atoms with E-state index in [-0.39, 0.29) is 11.6 Å². The smallest absolute Gasteiger partial charge is 0.186 e. The highest BCUT2D eigenvalue weighted by molar-refractivity contribution is 5.37. The van der Waals surface area contributed by atoms with Gasteiger partial charge in [-0.2, -0.15) is 0 Å². The fourth-order valence-electron chi connectivity index (χ4n) is 1.80. The van der Waals surface area contributed by atoms with Crippen LogP contribution < -0.4 is 5.32 Å². The van der Waals surface area contributed by atoms with Crippen molar-refractivity contribution in [1.29, 1.82) is 0 Å². The summed E-state index contributed by atoms with van der Waals surface area (Å²) in [7, 11) is 1.66. The first-order valence-electron chi connectivity index (χ1n) is 5.95. The highest BCUT2D eigenvalue weighted by Crippen LogP contribution is 2.14. The van der Waals surface area contributed by atoms with Gasteiger partial charge in [-0.05, 0) is 18.9 Å². The molecule has 3 nitrogen and oxygen atoms in total. The van der Waals surface area contributed by atoms with E-state index < -0.39 is 0 Å². The zero-order valence-corrected chi connectivity index (χ0v) is 10.6. The highest BCUT2D eigenvalue weighted by atomic mass is 19.1. The number of benzene rings is 1. The summed E-state index contributed by atoms with van der Waals surface area (Å²) in [5, 5.41) is 2.75. The molecule has 0 saturated carbocycles. The van der Waals surface area contributed by atoms with Gasteiger partial charge in [0.25, 0.3) is 0 Å². The Bertz CT molecular complexity index is 526. The largest absolute Gasteiger partial charge is 0.371 e. The summed E-state index contributed by atoms with van der Waals surface area (Å²) in [4.78, 5) is 8.34. The molecule has 1 aromatic carbocycles. The van der Waals surface area contributed by atoms with Crippen LogP contribution in [-0.4, -0.2) is 17.0 Å². The second kappa shape index (κ2) is 5.58. The monoisotopic (exact) mass is 245 g/mol. The first kappa shape index (κ1) is 12.5. The van der Waals surface area contributed by atoms with Crippen molar-refractivity contribution in [1.82, 2.24) is 9.97 Å². The fourth-order valence-corrected chi connectivity index (χ4v) is 1.80. The minimum atomic E-state index is -0.374. The molecule has 1 aromatic heterocycles. The third-order valence-electron chi connectivity index (χ3n) is 2.78. The third-order valence-corrected chi connectivity index (χ3v) is 2.78. The molecule has 0 unspecified atom stereocenters. The van der Waals surface area contributed by atoms with Gasteiger partial charge in [0.2, 0.25) is 0 Å². The van der Waals surface area contributed by atoms with Crippen molar-refractivity contribution in [3.63, 3.8) is 0 Å². The lowest BCUT2D eigenvalue weighted by Gasteiger charge is -2.07. The van der Waals surface area contributed by atoms with Crippen molar-refractivity contribution in [2.24, 2.45) is 0 Å². The molecule has 0 radical (unpaired) electrons. The number of aryl methyl sites for hydroxylation is 3. The molecular weight excluding hydrogens is 229 g/mol. The van der Waals surface area contributed by atoms with E-state index in [1.807, 2.05) is 18.2 Å². The Labute approximate surface area is 106 Å². The Morgan fingerprint density at radius 1 is 1.11 bits per heavy atom. The second-order valence-corrected chi connectivity index (χ2v) is 4.12. The summed E-state index contributed by atoms with van der Waals surface area (Å²) >= 11 is 0. The topological polar surface area (TPSA) is 37.8 Å². The van der Waals surface area contributed by atoms with E-state index >= 15 is 0 Å². The van der Waals surface area contributed by atoms with E-state index in [0.717, 1.165) is 6.42 Å². The average Bonchev–Trinajstić information content (AvgIpc) is 2.41. The van der Waals surface area contributed by atoms with Crippen LogP contribution in [0.25, 0.3) is 0 Å². The van der Waals surface area contributed by atoms with Crippen LogP contribution in [0.15, 0.2) is 30.3 Å². The van der Waals surface area contributed by atoms with E-state index in [0.29, 0.717) is 17.9 Å². The molecule has 1 N–H and O–H groups in total. The van der Waals surface area contributed by atoms with Gasteiger partial charge in [0.15, 0.2) is 11.6 Å². The number of aromatic nitrogens is 2. The Hall–Kier alpha value is -1.97. The molecule has 0 fully saturated rings. The summed E-state index contributed by atoms with van der Waals surface area (Å²) in [6.07, 6.45) is 1.56. The van der Waals surface area contributed by atoms with Crippen LogP contribution in [0, 0.1) is 12.7 Å². The molecule has 0 aliphatic carbocycles. The molecule has 2 aromatic rings. The minimum Gasteiger partial charge on any atom is -0.371 e. The zero-order chi connectivity index (χ0) is 13.0. The molecule has 94 valence electrons. The van der Waals surface area contributed by atoms with Gasteiger partial charge >= 0.3 is 0 Å². The summed E-state index contributed by atoms with van der Waals surface area (Å²) in [6, 6.07) is 10.1. The van der Waals surface area contributed by atoms with Crippen molar-refractivity contribution in [2.45, 2.75) is 19.8 Å². The molecule has 1 heterocycles. The van der Waals surface area contributed by atoms with Gasteiger partial charge in [-0.3, -0.25) is 0 Å². The van der Waals surface area contributed by atoms with Crippen LogP contribution in [0.5, 0.6) is 0 Å². The van der Waals surface area contributed by atoms with Gasteiger partial charge in [0.05, 0.1) is 5.69 Å². The van der Waals surface area contributed by atoms with Gasteiger partial charge in [-0.15, -0.1) is 0 Å². The predicted molar refractivity (Wildman–Crippen MR) is 70.1 cm³/mol. The molecule has 0 atom stereocenters. The zero-order valence-electron chi connectivity index (χ0n) is 10.6. The Morgan fingerprint density at radius 3 is 2.50 bits per heavy atom. The van der Waals surface area contributed by atoms with E-state index in [2.05, 4.69) is 27.4 Å². The Balaban J connectivity index is 2.13. The normalized spacial score (nSPS) is 10.4. The summed E-state index contributed by atoms with van der Waals surface area (Å²) in [6.45, 7) is 1.66. The molecule has 18 heavy (non-hydrogen) atoms. The van der Waals surface area contributed by atoms with Crippen LogP contribution in [0.4, 0.5) is 10.2 Å². The number of nitrogens with one attached hydrogen (secondary N) is 1. The highest BCUT2D eigenvalue weighted by Gasteiger charge is 2.09. The number of hydrogen-bond donors (Lipinski definition) is 1. The number of rotatable bonds is 4. The van der Waals surface area contributed by atoms with Gasteiger partial charge in [-0.1, -0.05) is 30.3 Å². The Morgan fingerprint density at radius 2 is 1.83 bits per heavy atom. The molecule has 0 aliphatic rings. The van der Waals surface area contributed by atoms with Crippen LogP contribution in [-0.2, 0) is 12.8 Å². The van der Waals surface area contributed by atoms with Gasteiger partial charge in [-0.25, -0.2) is 14.4 Å². The maximum atomic E-state index is 13.6. The van der Waals surface area contributed by atoms with Crippen LogP contribution in [0.3, 0.4) is 0 Å². The van der Waals surface area contributed by atoms with Crippen molar-refractivity contribution >= 4 is 5.82 Å². The standard InChI is InChI=1S/C14H16FN3/c1-10-13(15)14(16-2)18-12(17-10)9-8-11-6-4-3-5-7-11/h3-7H,8-9H2,1-2H3,(H,16,17,18). The lowest BCUT2D eigenvalue weighted by molar-refractivity contribution is 0.600. The second-order valence-electron chi connectivity index (χ2n) is 4.12. The molecular formula is C14H16FN3. The summed E-state index contributed by atoms with van der Waals surface area (Å²) in [5.74, 6) is 0.564. The van der Waals surface area contributed by atoms with E-state index in [4.69, 9.17) is 0 Å². The molecule has 0 spiro atoms. The van der Waals surface area contributed by atoms with Crippen LogP contribution >= 0.6 is 0 Å². The quantitative estimate of drug-likeness (QED) is 0.900. The maximum Gasteiger partial charge on any atom is 0.186 e. The summed E-state index contributed by atoms with van der Waals surface area (Å²) < 4.78 is 13.6. The average molecular weight is 245 g/mol. The molecule has 0 amide bonds. The van der Waals surface area contributed by atoms with E-state index in [9.17, 15) is 4.39 Å². The Kier molecular flexibility index (Phi) is 3.87. The predicted octanol–water partition coefficient (Wildman–Crippen LogP) is 2.75. The molecule has 2 rings (SSSR count). The fraction of sp³-hybridized carbons (Fsp3) is 0.286. The molecule has 4 heteroatoms. The molecule has 0 aliphatic heterocycles. The van der Waals surface area contributed by atoms with E-state index in [1.54, 1.807) is 14.0 Å². The van der Waals surface area contributed by atoms with Gasteiger partial charge in [0, 0.05) is 13.5 Å². The first-order chi connectivity index (χ1) is 8.70. The van der Waals surface area contributed by atoms with Crippen molar-refractivity contribution in [2.75, 3.05) is 12.4 Å².